The maximum Gasteiger partial charge on any atom is 0.338 e. The number of carbonyl (C=O) groups is 4. The third-order valence-corrected chi connectivity index (χ3v) is 5.83. The van der Waals surface area contributed by atoms with Crippen LogP contribution in [-0.2, 0) is 19.1 Å². The summed E-state index contributed by atoms with van der Waals surface area (Å²) in [5.41, 5.74) is 7.08. The molecular weight excluding hydrogens is 376 g/mol. The number of nitrogens with two attached hydrogens (primary N) is 1. The molecule has 0 spiro atoms. The van der Waals surface area contributed by atoms with E-state index in [0.717, 1.165) is 37.9 Å². The van der Waals surface area contributed by atoms with Gasteiger partial charge in [-0.3, -0.25) is 14.4 Å². The van der Waals surface area contributed by atoms with Gasteiger partial charge in [-0.2, -0.15) is 0 Å². The highest BCUT2D eigenvalue weighted by Crippen LogP contribution is 2.37. The fraction of sp³-hybridized carbons (Fsp3) is 0.500. The van der Waals surface area contributed by atoms with Crippen LogP contribution in [0.5, 0.6) is 0 Å². The second-order valence-electron chi connectivity index (χ2n) is 7.65. The van der Waals surface area contributed by atoms with Crippen molar-refractivity contribution in [3.63, 3.8) is 0 Å². The summed E-state index contributed by atoms with van der Waals surface area (Å²) in [7, 11) is 0. The minimum absolute atomic E-state index is 0.0710. The van der Waals surface area contributed by atoms with E-state index in [4.69, 9.17) is 10.5 Å². The summed E-state index contributed by atoms with van der Waals surface area (Å²) in [6.45, 7) is 0.770. The lowest BCUT2D eigenvalue weighted by molar-refractivity contribution is -0.143. The first-order valence-electron chi connectivity index (χ1n) is 9.93. The number of hydrogen-bond donors (Lipinski definition) is 2. The summed E-state index contributed by atoms with van der Waals surface area (Å²) in [5, 5.41) is 2.85. The van der Waals surface area contributed by atoms with Gasteiger partial charge in [-0.1, -0.05) is 0 Å². The number of nitrogens with one attached hydrogen (secondary N) is 1. The van der Waals surface area contributed by atoms with Gasteiger partial charge in [-0.25, -0.2) is 4.79 Å². The molecule has 0 aliphatic carbocycles. The molecule has 0 unspecified atom stereocenters. The quantitative estimate of drug-likeness (QED) is 0.715. The molecule has 0 aromatic heterocycles. The Labute approximate surface area is 168 Å². The van der Waals surface area contributed by atoms with Crippen LogP contribution in [0.1, 0.15) is 42.5 Å². The van der Waals surface area contributed by atoms with Crippen LogP contribution in [-0.4, -0.2) is 60.4 Å². The molecule has 0 saturated carbocycles. The Bertz CT molecular complexity index is 870. The Balaban J connectivity index is 1.41. The number of anilines is 2. The largest absolute Gasteiger partial charge is 0.452 e. The van der Waals surface area contributed by atoms with Gasteiger partial charge in [0.05, 0.1) is 16.9 Å². The molecular formula is C20H24N4O5. The Morgan fingerprint density at radius 2 is 1.97 bits per heavy atom. The van der Waals surface area contributed by atoms with Crippen LogP contribution in [0.3, 0.4) is 0 Å². The van der Waals surface area contributed by atoms with Crippen molar-refractivity contribution < 1.29 is 23.9 Å². The molecule has 9 heteroatoms. The molecule has 3 heterocycles. The van der Waals surface area contributed by atoms with Crippen LogP contribution in [0, 0.1) is 0 Å². The molecule has 3 aliphatic rings. The molecule has 3 N–H and O–H groups in total. The molecule has 1 aromatic rings. The predicted octanol–water partition coefficient (Wildman–Crippen LogP) is 0.631. The molecule has 2 fully saturated rings. The van der Waals surface area contributed by atoms with E-state index in [0.29, 0.717) is 18.7 Å². The Kier molecular flexibility index (Phi) is 5.12. The summed E-state index contributed by atoms with van der Waals surface area (Å²) in [4.78, 5) is 52.1. The van der Waals surface area contributed by atoms with E-state index in [2.05, 4.69) is 5.32 Å². The molecule has 4 rings (SSSR count). The van der Waals surface area contributed by atoms with Crippen molar-refractivity contribution in [3.8, 4) is 0 Å². The fourth-order valence-corrected chi connectivity index (χ4v) is 4.38. The number of ether oxygens (including phenoxy) is 1. The van der Waals surface area contributed by atoms with Gasteiger partial charge in [-0.05, 0) is 50.3 Å². The van der Waals surface area contributed by atoms with Gasteiger partial charge in [0.1, 0.15) is 12.1 Å². The standard InChI is InChI=1S/C20H24N4O5/c21-18(26)15-4-1-2-8-24(15)17(25)11-29-20(28)12-6-7-14-13(10-12)22-19(27)16-5-3-9-23(14)16/h6-7,10,15-16H,1-5,8-9,11H2,(H2,21,26)(H,22,27)/t15-,16+/m0/s1. The zero-order valence-electron chi connectivity index (χ0n) is 16.1. The first-order valence-corrected chi connectivity index (χ1v) is 9.93. The number of esters is 1. The van der Waals surface area contributed by atoms with Gasteiger partial charge in [-0.15, -0.1) is 0 Å². The molecule has 3 amide bonds. The third kappa shape index (κ3) is 3.64. The van der Waals surface area contributed by atoms with E-state index in [1.807, 2.05) is 4.90 Å². The number of carbonyl (C=O) groups excluding carboxylic acids is 4. The zero-order chi connectivity index (χ0) is 20.5. The van der Waals surface area contributed by atoms with Crippen LogP contribution < -0.4 is 16.0 Å². The summed E-state index contributed by atoms with van der Waals surface area (Å²) in [6.07, 6.45) is 3.91. The average molecular weight is 400 g/mol. The topological polar surface area (TPSA) is 122 Å². The molecule has 29 heavy (non-hydrogen) atoms. The van der Waals surface area contributed by atoms with Gasteiger partial charge >= 0.3 is 5.97 Å². The lowest BCUT2D eigenvalue weighted by Crippen LogP contribution is -2.51. The number of piperidine rings is 1. The Morgan fingerprint density at radius 3 is 2.76 bits per heavy atom. The summed E-state index contributed by atoms with van der Waals surface area (Å²) in [5.74, 6) is -1.71. The van der Waals surface area contributed by atoms with Crippen molar-refractivity contribution in [2.24, 2.45) is 5.73 Å². The number of fused-ring (bicyclic) bond motifs is 3. The normalized spacial score (nSPS) is 23.1. The SMILES string of the molecule is NC(=O)[C@@H]1CCCCN1C(=O)COC(=O)c1ccc2c(c1)NC(=O)[C@H]1CCCN21. The highest BCUT2D eigenvalue weighted by Gasteiger charge is 2.36. The summed E-state index contributed by atoms with van der Waals surface area (Å²) in [6, 6.07) is 4.19. The lowest BCUT2D eigenvalue weighted by Gasteiger charge is -2.33. The van der Waals surface area contributed by atoms with Crippen LogP contribution in [0.2, 0.25) is 0 Å². The van der Waals surface area contributed by atoms with E-state index in [1.54, 1.807) is 18.2 Å². The zero-order valence-corrected chi connectivity index (χ0v) is 16.1. The number of likely N-dealkylation sites (tertiary alicyclic amines) is 1. The smallest absolute Gasteiger partial charge is 0.338 e. The van der Waals surface area contributed by atoms with Gasteiger partial charge in [0.2, 0.25) is 11.8 Å². The van der Waals surface area contributed by atoms with Crippen LogP contribution in [0.25, 0.3) is 0 Å². The highest BCUT2D eigenvalue weighted by molar-refractivity contribution is 6.05. The monoisotopic (exact) mass is 400 g/mol. The minimum Gasteiger partial charge on any atom is -0.452 e. The van der Waals surface area contributed by atoms with Gasteiger partial charge in [0, 0.05) is 13.1 Å². The highest BCUT2D eigenvalue weighted by atomic mass is 16.5. The molecule has 2 saturated heterocycles. The maximum absolute atomic E-state index is 12.4. The van der Waals surface area contributed by atoms with E-state index in [1.165, 1.54) is 4.90 Å². The second kappa shape index (κ2) is 7.73. The van der Waals surface area contributed by atoms with Gasteiger partial charge in [0.15, 0.2) is 6.61 Å². The van der Waals surface area contributed by atoms with Crippen LogP contribution in [0.4, 0.5) is 11.4 Å². The summed E-state index contributed by atoms with van der Waals surface area (Å²) < 4.78 is 5.17. The van der Waals surface area contributed by atoms with Crippen molar-refractivity contribution in [2.75, 3.05) is 29.9 Å². The van der Waals surface area contributed by atoms with Crippen molar-refractivity contribution >= 4 is 35.1 Å². The van der Waals surface area contributed by atoms with Crippen molar-refractivity contribution in [1.29, 1.82) is 0 Å². The summed E-state index contributed by atoms with van der Waals surface area (Å²) >= 11 is 0. The van der Waals surface area contributed by atoms with Gasteiger partial charge in [0.25, 0.3) is 5.91 Å². The number of primary amides is 1. The average Bonchev–Trinajstić information content (AvgIpc) is 3.22. The van der Waals surface area contributed by atoms with Crippen molar-refractivity contribution in [3.05, 3.63) is 23.8 Å². The van der Waals surface area contributed by atoms with Crippen molar-refractivity contribution in [2.45, 2.75) is 44.2 Å². The molecule has 9 nitrogen and oxygen atoms in total. The molecule has 3 aliphatic heterocycles. The molecule has 1 aromatic carbocycles. The number of nitrogens with zero attached hydrogens (tertiary/aromatic N) is 2. The van der Waals surface area contributed by atoms with Crippen LogP contribution >= 0.6 is 0 Å². The maximum atomic E-state index is 12.4. The lowest BCUT2D eigenvalue weighted by atomic mass is 10.0. The van der Waals surface area contributed by atoms with Crippen LogP contribution in [0.15, 0.2) is 18.2 Å². The second-order valence-corrected chi connectivity index (χ2v) is 7.65. The van der Waals surface area contributed by atoms with Crippen molar-refractivity contribution in [1.82, 2.24) is 4.90 Å². The number of rotatable bonds is 4. The minimum atomic E-state index is -0.661. The molecule has 0 radical (unpaired) electrons. The fourth-order valence-electron chi connectivity index (χ4n) is 4.38. The third-order valence-electron chi connectivity index (χ3n) is 5.83. The molecule has 2 atom stereocenters. The van der Waals surface area contributed by atoms with Gasteiger partial charge < -0.3 is 25.6 Å². The van der Waals surface area contributed by atoms with E-state index in [-0.39, 0.29) is 17.5 Å². The molecule has 0 bridgehead atoms. The van der Waals surface area contributed by atoms with E-state index < -0.39 is 30.4 Å². The number of benzene rings is 1. The number of amides is 3. The molecule has 154 valence electrons. The van der Waals surface area contributed by atoms with E-state index >= 15 is 0 Å². The predicted molar refractivity (Wildman–Crippen MR) is 104 cm³/mol. The Morgan fingerprint density at radius 1 is 1.14 bits per heavy atom. The van der Waals surface area contributed by atoms with E-state index in [9.17, 15) is 19.2 Å². The first kappa shape index (κ1) is 19.2. The first-order chi connectivity index (χ1) is 14.0. The Hall–Kier alpha value is -3.10. The number of hydrogen-bond acceptors (Lipinski definition) is 6.